The summed E-state index contributed by atoms with van der Waals surface area (Å²) in [5.74, 6) is -1.03. The molecule has 0 aliphatic heterocycles. The molecule has 90 valence electrons. The van der Waals surface area contributed by atoms with Crippen LogP contribution in [0.1, 0.15) is 11.3 Å². The van der Waals surface area contributed by atoms with Crippen molar-refractivity contribution in [2.75, 3.05) is 0 Å². The van der Waals surface area contributed by atoms with Gasteiger partial charge in [0, 0.05) is 16.8 Å². The van der Waals surface area contributed by atoms with Crippen LogP contribution in [-0.2, 0) is 4.79 Å². The number of carbonyl (C=O) groups is 1. The molecule has 1 aromatic heterocycles. The largest absolute Gasteiger partial charge is 0.478 e. The van der Waals surface area contributed by atoms with Crippen LogP contribution < -0.4 is 0 Å². The van der Waals surface area contributed by atoms with Crippen molar-refractivity contribution in [3.8, 4) is 0 Å². The first-order chi connectivity index (χ1) is 8.68. The second-order valence-electron chi connectivity index (χ2n) is 3.60. The molecule has 0 amide bonds. The van der Waals surface area contributed by atoms with Crippen molar-refractivity contribution in [2.45, 2.75) is 0 Å². The summed E-state index contributed by atoms with van der Waals surface area (Å²) in [7, 11) is 0. The summed E-state index contributed by atoms with van der Waals surface area (Å²) < 4.78 is 0. The van der Waals surface area contributed by atoms with Crippen LogP contribution in [0.4, 0.5) is 0 Å². The Kier molecular flexibility index (Phi) is 3.75. The van der Waals surface area contributed by atoms with Crippen LogP contribution in [0.25, 0.3) is 11.6 Å². The molecule has 0 atom stereocenters. The monoisotopic (exact) mass is 259 g/mol. The van der Waals surface area contributed by atoms with Crippen molar-refractivity contribution < 1.29 is 9.90 Å². The third kappa shape index (κ3) is 2.76. The van der Waals surface area contributed by atoms with Gasteiger partial charge in [-0.2, -0.15) is 0 Å². The fourth-order valence-corrected chi connectivity index (χ4v) is 1.78. The molecule has 0 spiro atoms. The first-order valence-electron chi connectivity index (χ1n) is 5.29. The van der Waals surface area contributed by atoms with Gasteiger partial charge in [0.15, 0.2) is 0 Å². The fourth-order valence-electron chi connectivity index (χ4n) is 1.54. The molecule has 4 heteroatoms. The van der Waals surface area contributed by atoms with Crippen molar-refractivity contribution in [3.63, 3.8) is 0 Å². The summed E-state index contributed by atoms with van der Waals surface area (Å²) in [5.41, 5.74) is 1.19. The van der Waals surface area contributed by atoms with E-state index in [1.54, 1.807) is 48.7 Å². The quantitative estimate of drug-likeness (QED) is 0.860. The highest BCUT2D eigenvalue weighted by Gasteiger charge is 2.13. The van der Waals surface area contributed by atoms with Crippen LogP contribution in [0.3, 0.4) is 0 Å². The van der Waals surface area contributed by atoms with Gasteiger partial charge in [-0.15, -0.1) is 0 Å². The van der Waals surface area contributed by atoms with Crippen LogP contribution in [0.5, 0.6) is 0 Å². The van der Waals surface area contributed by atoms with Crippen molar-refractivity contribution in [1.82, 2.24) is 4.98 Å². The Bertz CT molecular complexity index is 594. The van der Waals surface area contributed by atoms with Crippen LogP contribution in [0.15, 0.2) is 48.7 Å². The molecule has 18 heavy (non-hydrogen) atoms. The standard InChI is InChI=1S/C14H10ClNO2/c15-13-7-2-1-6-11(13)12(14(17)18)9-10-5-3-4-8-16-10/h1-9H,(H,17,18)/b12-9+. The van der Waals surface area contributed by atoms with E-state index in [1.807, 2.05) is 0 Å². The van der Waals surface area contributed by atoms with E-state index in [0.717, 1.165) is 0 Å². The fraction of sp³-hybridized carbons (Fsp3) is 0. The molecule has 0 radical (unpaired) electrons. The zero-order valence-corrected chi connectivity index (χ0v) is 10.1. The molecular weight excluding hydrogens is 250 g/mol. The summed E-state index contributed by atoms with van der Waals surface area (Å²) >= 11 is 6.00. The Morgan fingerprint density at radius 2 is 1.89 bits per heavy atom. The number of hydrogen-bond acceptors (Lipinski definition) is 2. The van der Waals surface area contributed by atoms with Gasteiger partial charge in [-0.3, -0.25) is 4.98 Å². The maximum Gasteiger partial charge on any atom is 0.336 e. The molecule has 0 bridgehead atoms. The van der Waals surface area contributed by atoms with E-state index in [1.165, 1.54) is 6.08 Å². The van der Waals surface area contributed by atoms with Gasteiger partial charge in [-0.1, -0.05) is 35.9 Å². The first-order valence-corrected chi connectivity index (χ1v) is 5.67. The topological polar surface area (TPSA) is 50.2 Å². The third-order valence-electron chi connectivity index (χ3n) is 2.37. The Hall–Kier alpha value is -2.13. The lowest BCUT2D eigenvalue weighted by atomic mass is 10.0. The summed E-state index contributed by atoms with van der Waals surface area (Å²) in [4.78, 5) is 15.4. The number of carboxylic acid groups (broad SMARTS) is 1. The number of pyridine rings is 1. The molecule has 0 saturated heterocycles. The molecule has 3 nitrogen and oxygen atoms in total. The molecule has 0 aliphatic rings. The van der Waals surface area contributed by atoms with Crippen LogP contribution in [0.2, 0.25) is 5.02 Å². The molecule has 1 heterocycles. The lowest BCUT2D eigenvalue weighted by Crippen LogP contribution is -2.00. The molecule has 0 saturated carbocycles. The van der Waals surface area contributed by atoms with Gasteiger partial charge in [-0.25, -0.2) is 4.79 Å². The molecular formula is C14H10ClNO2. The maximum absolute atomic E-state index is 11.3. The second-order valence-corrected chi connectivity index (χ2v) is 4.00. The minimum Gasteiger partial charge on any atom is -0.478 e. The van der Waals surface area contributed by atoms with Gasteiger partial charge >= 0.3 is 5.97 Å². The minimum absolute atomic E-state index is 0.124. The van der Waals surface area contributed by atoms with E-state index in [-0.39, 0.29) is 5.57 Å². The van der Waals surface area contributed by atoms with Gasteiger partial charge in [0.05, 0.1) is 11.3 Å². The number of halogens is 1. The summed E-state index contributed by atoms with van der Waals surface area (Å²) in [6.07, 6.45) is 3.11. The normalized spacial score (nSPS) is 11.3. The average molecular weight is 260 g/mol. The Morgan fingerprint density at radius 3 is 2.50 bits per heavy atom. The number of carboxylic acids is 1. The van der Waals surface area contributed by atoms with Crippen molar-refractivity contribution in [1.29, 1.82) is 0 Å². The first kappa shape index (κ1) is 12.3. The Morgan fingerprint density at radius 1 is 1.17 bits per heavy atom. The highest BCUT2D eigenvalue weighted by molar-refractivity contribution is 6.35. The molecule has 2 aromatic rings. The predicted molar refractivity (Wildman–Crippen MR) is 71.2 cm³/mol. The van der Waals surface area contributed by atoms with Crippen molar-refractivity contribution >= 4 is 29.2 Å². The molecule has 0 aliphatic carbocycles. The number of aromatic nitrogens is 1. The predicted octanol–water partition coefficient (Wildman–Crippen LogP) is 3.36. The van der Waals surface area contributed by atoms with E-state index in [4.69, 9.17) is 11.6 Å². The van der Waals surface area contributed by atoms with E-state index in [2.05, 4.69) is 4.98 Å². The van der Waals surface area contributed by atoms with Crippen LogP contribution >= 0.6 is 11.6 Å². The minimum atomic E-state index is -1.03. The Balaban J connectivity index is 2.51. The summed E-state index contributed by atoms with van der Waals surface area (Å²) in [6.45, 7) is 0. The zero-order chi connectivity index (χ0) is 13.0. The number of hydrogen-bond donors (Lipinski definition) is 1. The van der Waals surface area contributed by atoms with Gasteiger partial charge in [0.2, 0.25) is 0 Å². The lowest BCUT2D eigenvalue weighted by molar-refractivity contribution is -0.130. The molecule has 0 fully saturated rings. The van der Waals surface area contributed by atoms with Crippen LogP contribution in [0, 0.1) is 0 Å². The van der Waals surface area contributed by atoms with E-state index in [9.17, 15) is 9.90 Å². The molecule has 2 rings (SSSR count). The number of rotatable bonds is 3. The number of benzene rings is 1. The number of aliphatic carboxylic acids is 1. The smallest absolute Gasteiger partial charge is 0.336 e. The van der Waals surface area contributed by atoms with Crippen LogP contribution in [-0.4, -0.2) is 16.1 Å². The third-order valence-corrected chi connectivity index (χ3v) is 2.70. The maximum atomic E-state index is 11.3. The molecule has 1 N–H and O–H groups in total. The van der Waals surface area contributed by atoms with Crippen molar-refractivity contribution in [2.24, 2.45) is 0 Å². The van der Waals surface area contributed by atoms with Gasteiger partial charge < -0.3 is 5.11 Å². The molecule has 1 aromatic carbocycles. The van der Waals surface area contributed by atoms with E-state index < -0.39 is 5.97 Å². The highest BCUT2D eigenvalue weighted by atomic mass is 35.5. The average Bonchev–Trinajstić information content (AvgIpc) is 2.38. The van der Waals surface area contributed by atoms with Gasteiger partial charge in [0.25, 0.3) is 0 Å². The summed E-state index contributed by atoms with van der Waals surface area (Å²) in [6, 6.07) is 12.1. The van der Waals surface area contributed by atoms with E-state index in [0.29, 0.717) is 16.3 Å². The van der Waals surface area contributed by atoms with Gasteiger partial charge in [-0.05, 0) is 24.3 Å². The highest BCUT2D eigenvalue weighted by Crippen LogP contribution is 2.25. The summed E-state index contributed by atoms with van der Waals surface area (Å²) in [5, 5.41) is 9.66. The SMILES string of the molecule is O=C(O)/C(=C/c1ccccn1)c1ccccc1Cl. The Labute approximate surface area is 109 Å². The van der Waals surface area contributed by atoms with Gasteiger partial charge in [0.1, 0.15) is 0 Å². The molecule has 0 unspecified atom stereocenters. The lowest BCUT2D eigenvalue weighted by Gasteiger charge is -2.05. The second kappa shape index (κ2) is 5.47. The number of nitrogens with zero attached hydrogens (tertiary/aromatic N) is 1. The van der Waals surface area contributed by atoms with E-state index >= 15 is 0 Å². The van der Waals surface area contributed by atoms with Crippen molar-refractivity contribution in [3.05, 3.63) is 64.9 Å². The zero-order valence-electron chi connectivity index (χ0n) is 9.38.